The summed E-state index contributed by atoms with van der Waals surface area (Å²) in [5, 5.41) is 3.40. The van der Waals surface area contributed by atoms with E-state index in [-0.39, 0.29) is 11.8 Å². The molecule has 1 fully saturated rings. The molecular formula is C23H29ClN3O2+. The van der Waals surface area contributed by atoms with Crippen LogP contribution < -0.4 is 10.2 Å². The highest BCUT2D eigenvalue weighted by atomic mass is 35.5. The fourth-order valence-electron chi connectivity index (χ4n) is 3.58. The van der Waals surface area contributed by atoms with Gasteiger partial charge in [0.15, 0.2) is 6.54 Å². The number of halogens is 1. The van der Waals surface area contributed by atoms with Crippen molar-refractivity contribution in [2.75, 3.05) is 38.0 Å². The average molecular weight is 415 g/mol. The van der Waals surface area contributed by atoms with Crippen molar-refractivity contribution in [3.05, 3.63) is 64.7 Å². The van der Waals surface area contributed by atoms with E-state index in [9.17, 15) is 9.59 Å². The van der Waals surface area contributed by atoms with Gasteiger partial charge in [-0.15, -0.1) is 0 Å². The second-order valence-electron chi connectivity index (χ2n) is 7.51. The van der Waals surface area contributed by atoms with Crippen LogP contribution in [0.4, 0.5) is 5.69 Å². The van der Waals surface area contributed by atoms with Gasteiger partial charge in [-0.2, -0.15) is 0 Å². The molecule has 3 rings (SSSR count). The maximum atomic E-state index is 12.5. The summed E-state index contributed by atoms with van der Waals surface area (Å²) >= 11 is 6.09. The first-order valence-corrected chi connectivity index (χ1v) is 10.7. The van der Waals surface area contributed by atoms with Crippen molar-refractivity contribution in [2.24, 2.45) is 0 Å². The number of rotatable bonds is 7. The summed E-state index contributed by atoms with van der Waals surface area (Å²) in [5.41, 5.74) is 3.16. The first-order chi connectivity index (χ1) is 14.0. The second kappa shape index (κ2) is 10.4. The molecule has 2 N–H and O–H groups in total. The Balaban J connectivity index is 1.39. The van der Waals surface area contributed by atoms with Gasteiger partial charge in [-0.25, -0.2) is 0 Å². The van der Waals surface area contributed by atoms with Crippen LogP contribution in [0.2, 0.25) is 5.02 Å². The molecule has 0 radical (unpaired) electrons. The lowest BCUT2D eigenvalue weighted by Crippen LogP contribution is -3.15. The average Bonchev–Trinajstić information content (AvgIpc) is 2.74. The fourth-order valence-corrected chi connectivity index (χ4v) is 3.77. The molecule has 0 aromatic heterocycles. The van der Waals surface area contributed by atoms with E-state index in [1.165, 1.54) is 16.0 Å². The summed E-state index contributed by atoms with van der Waals surface area (Å²) in [6.45, 7) is 5.49. The Hall–Kier alpha value is -2.37. The van der Waals surface area contributed by atoms with E-state index >= 15 is 0 Å². The molecule has 154 valence electrons. The molecule has 1 saturated heterocycles. The highest BCUT2D eigenvalue weighted by Crippen LogP contribution is 2.19. The van der Waals surface area contributed by atoms with Gasteiger partial charge >= 0.3 is 0 Å². The minimum atomic E-state index is -0.0524. The number of amides is 2. The number of hydrogen-bond donors (Lipinski definition) is 2. The highest BCUT2D eigenvalue weighted by Gasteiger charge is 2.25. The summed E-state index contributed by atoms with van der Waals surface area (Å²) in [7, 11) is 0. The van der Waals surface area contributed by atoms with Gasteiger partial charge in [-0.1, -0.05) is 54.9 Å². The normalized spacial score (nSPS) is 14.6. The Morgan fingerprint density at radius 1 is 1.03 bits per heavy atom. The van der Waals surface area contributed by atoms with Crippen molar-refractivity contribution < 1.29 is 14.5 Å². The molecule has 2 amide bonds. The molecule has 29 heavy (non-hydrogen) atoms. The molecule has 1 aliphatic heterocycles. The van der Waals surface area contributed by atoms with Crippen LogP contribution in [0.1, 0.15) is 24.5 Å². The molecule has 0 spiro atoms. The Labute approximate surface area is 177 Å². The van der Waals surface area contributed by atoms with E-state index in [0.29, 0.717) is 36.8 Å². The predicted molar refractivity (Wildman–Crippen MR) is 116 cm³/mol. The Kier molecular flexibility index (Phi) is 7.67. The molecule has 5 nitrogen and oxygen atoms in total. The standard InChI is InChI=1S/C23H28ClN3O2/c1-2-18-7-9-19(10-8-18)11-12-23(29)27-15-13-26(14-16-27)17-22(28)25-21-6-4-3-5-20(21)24/h3-10H,2,11-17H2,1H3,(H,25,28)/p+1. The molecule has 6 heteroatoms. The summed E-state index contributed by atoms with van der Waals surface area (Å²) in [6, 6.07) is 15.7. The molecule has 0 unspecified atom stereocenters. The molecule has 1 heterocycles. The maximum absolute atomic E-state index is 12.5. The van der Waals surface area contributed by atoms with Crippen molar-refractivity contribution in [3.8, 4) is 0 Å². The number of piperazine rings is 1. The van der Waals surface area contributed by atoms with E-state index in [2.05, 4.69) is 36.5 Å². The number of carbonyl (C=O) groups excluding carboxylic acids is 2. The number of nitrogens with one attached hydrogen (secondary N) is 2. The molecular weight excluding hydrogens is 386 g/mol. The van der Waals surface area contributed by atoms with E-state index in [0.717, 1.165) is 25.9 Å². The monoisotopic (exact) mass is 414 g/mol. The van der Waals surface area contributed by atoms with E-state index in [1.807, 2.05) is 17.0 Å². The lowest BCUT2D eigenvalue weighted by atomic mass is 10.1. The Morgan fingerprint density at radius 2 is 1.69 bits per heavy atom. The number of anilines is 1. The molecule has 1 aliphatic rings. The third-order valence-corrected chi connectivity index (χ3v) is 5.77. The number of benzene rings is 2. The first-order valence-electron chi connectivity index (χ1n) is 10.3. The lowest BCUT2D eigenvalue weighted by molar-refractivity contribution is -0.895. The number of hydrogen-bond acceptors (Lipinski definition) is 2. The van der Waals surface area contributed by atoms with Crippen LogP contribution in [0.5, 0.6) is 0 Å². The molecule has 0 bridgehead atoms. The molecule has 2 aromatic rings. The van der Waals surface area contributed by atoms with Crippen LogP contribution in [0.3, 0.4) is 0 Å². The first kappa shape index (κ1) is 21.3. The lowest BCUT2D eigenvalue weighted by Gasteiger charge is -2.32. The van der Waals surface area contributed by atoms with Gasteiger partial charge in [0.1, 0.15) is 0 Å². The number of quaternary nitrogens is 1. The minimum Gasteiger partial charge on any atom is -0.331 e. The molecule has 0 saturated carbocycles. The van der Waals surface area contributed by atoms with E-state index in [1.54, 1.807) is 12.1 Å². The number of aryl methyl sites for hydroxylation is 2. The quantitative estimate of drug-likeness (QED) is 0.729. The van der Waals surface area contributed by atoms with Gasteiger partial charge in [0.05, 0.1) is 36.9 Å². The highest BCUT2D eigenvalue weighted by molar-refractivity contribution is 6.33. The van der Waals surface area contributed by atoms with Crippen LogP contribution in [0.25, 0.3) is 0 Å². The maximum Gasteiger partial charge on any atom is 0.279 e. The van der Waals surface area contributed by atoms with Gasteiger partial charge < -0.3 is 15.1 Å². The fraction of sp³-hybridized carbons (Fsp3) is 0.391. The summed E-state index contributed by atoms with van der Waals surface area (Å²) in [4.78, 5) is 27.9. The van der Waals surface area contributed by atoms with Crippen LogP contribution in [0.15, 0.2) is 48.5 Å². The van der Waals surface area contributed by atoms with Gasteiger partial charge in [-0.05, 0) is 36.1 Å². The van der Waals surface area contributed by atoms with Gasteiger partial charge in [-0.3, -0.25) is 9.59 Å². The van der Waals surface area contributed by atoms with Crippen molar-refractivity contribution in [1.82, 2.24) is 4.90 Å². The van der Waals surface area contributed by atoms with Gasteiger partial charge in [0.2, 0.25) is 5.91 Å². The zero-order valence-corrected chi connectivity index (χ0v) is 17.7. The summed E-state index contributed by atoms with van der Waals surface area (Å²) in [6.07, 6.45) is 2.34. The molecule has 2 aromatic carbocycles. The smallest absolute Gasteiger partial charge is 0.279 e. The number of para-hydroxylation sites is 1. The van der Waals surface area contributed by atoms with Crippen LogP contribution >= 0.6 is 11.6 Å². The van der Waals surface area contributed by atoms with Gasteiger partial charge in [0.25, 0.3) is 5.91 Å². The number of carbonyl (C=O) groups is 2. The summed E-state index contributed by atoms with van der Waals surface area (Å²) < 4.78 is 0. The third-order valence-electron chi connectivity index (χ3n) is 5.44. The molecule has 0 atom stereocenters. The van der Waals surface area contributed by atoms with Crippen molar-refractivity contribution in [3.63, 3.8) is 0 Å². The van der Waals surface area contributed by atoms with Crippen molar-refractivity contribution in [1.29, 1.82) is 0 Å². The van der Waals surface area contributed by atoms with E-state index in [4.69, 9.17) is 11.6 Å². The van der Waals surface area contributed by atoms with Crippen LogP contribution in [-0.4, -0.2) is 49.4 Å². The second-order valence-corrected chi connectivity index (χ2v) is 7.91. The molecule has 0 aliphatic carbocycles. The summed E-state index contributed by atoms with van der Waals surface area (Å²) in [5.74, 6) is 0.146. The predicted octanol–water partition coefficient (Wildman–Crippen LogP) is 2.20. The van der Waals surface area contributed by atoms with Crippen LogP contribution in [-0.2, 0) is 22.4 Å². The third kappa shape index (κ3) is 6.31. The van der Waals surface area contributed by atoms with Gasteiger partial charge in [0, 0.05) is 6.42 Å². The largest absolute Gasteiger partial charge is 0.331 e. The van der Waals surface area contributed by atoms with Crippen molar-refractivity contribution in [2.45, 2.75) is 26.2 Å². The SMILES string of the molecule is CCc1ccc(CCC(=O)N2CC[NH+](CC(=O)Nc3ccccc3Cl)CC2)cc1. The zero-order valence-electron chi connectivity index (χ0n) is 16.9. The van der Waals surface area contributed by atoms with Crippen LogP contribution in [0, 0.1) is 0 Å². The number of nitrogens with zero attached hydrogens (tertiary/aromatic N) is 1. The van der Waals surface area contributed by atoms with Crippen molar-refractivity contribution >= 4 is 29.1 Å². The zero-order chi connectivity index (χ0) is 20.6. The topological polar surface area (TPSA) is 53.9 Å². The minimum absolute atomic E-state index is 0.0524. The Bertz CT molecular complexity index is 830. The van der Waals surface area contributed by atoms with E-state index < -0.39 is 0 Å². The Morgan fingerprint density at radius 3 is 2.34 bits per heavy atom.